The van der Waals surface area contributed by atoms with Gasteiger partial charge in [-0.3, -0.25) is 0 Å². The lowest BCUT2D eigenvalue weighted by Gasteiger charge is -2.35. The minimum Gasteiger partial charge on any atom is -0.370 e. The van der Waals surface area contributed by atoms with Crippen molar-refractivity contribution < 1.29 is 0 Å². The molecule has 1 aliphatic rings. The molecule has 1 saturated heterocycles. The molecule has 1 fully saturated rings. The van der Waals surface area contributed by atoms with Crippen molar-refractivity contribution in [3.05, 3.63) is 35.5 Å². The topological polar surface area (TPSA) is 73.9 Å². The lowest BCUT2D eigenvalue weighted by molar-refractivity contribution is 0.380. The largest absolute Gasteiger partial charge is 0.370 e. The van der Waals surface area contributed by atoms with E-state index >= 15 is 0 Å². The molecule has 2 aromatic rings. The van der Waals surface area contributed by atoms with Gasteiger partial charge in [-0.1, -0.05) is 6.07 Å². The molecule has 8 heteroatoms. The van der Waals surface area contributed by atoms with E-state index in [9.17, 15) is 0 Å². The van der Waals surface area contributed by atoms with Gasteiger partial charge in [0.2, 0.25) is 0 Å². The van der Waals surface area contributed by atoms with Crippen molar-refractivity contribution in [2.24, 2.45) is 10.7 Å². The molecule has 0 aromatic carbocycles. The van der Waals surface area contributed by atoms with Crippen LogP contribution in [0.1, 0.15) is 5.69 Å². The van der Waals surface area contributed by atoms with Gasteiger partial charge in [0.25, 0.3) is 0 Å². The molecule has 7 nitrogen and oxygen atoms in total. The molecular formula is C16H23N7S. The summed E-state index contributed by atoms with van der Waals surface area (Å²) in [4.78, 5) is 19.8. The average Bonchev–Trinajstić information content (AvgIpc) is 3.14. The quantitative estimate of drug-likeness (QED) is 0.664. The molecule has 2 aromatic heterocycles. The molecular weight excluding hydrogens is 322 g/mol. The number of rotatable bonds is 4. The van der Waals surface area contributed by atoms with E-state index in [4.69, 9.17) is 5.73 Å². The Balaban J connectivity index is 1.56. The van der Waals surface area contributed by atoms with Gasteiger partial charge in [-0.2, -0.15) is 0 Å². The molecule has 24 heavy (non-hydrogen) atoms. The minimum atomic E-state index is 0.500. The van der Waals surface area contributed by atoms with Gasteiger partial charge in [0, 0.05) is 51.9 Å². The number of guanidine groups is 1. The molecule has 3 rings (SSSR count). The predicted molar refractivity (Wildman–Crippen MR) is 99.8 cm³/mol. The number of aliphatic imine (C=N–C) groups is 1. The summed E-state index contributed by atoms with van der Waals surface area (Å²) in [5, 5.41) is 3.08. The van der Waals surface area contributed by atoms with Crippen LogP contribution in [0.5, 0.6) is 0 Å². The third-order valence-corrected chi connectivity index (χ3v) is 4.78. The summed E-state index contributed by atoms with van der Waals surface area (Å²) in [5.74, 6) is 1.52. The summed E-state index contributed by atoms with van der Waals surface area (Å²) in [6.07, 6.45) is 1.84. The Bertz CT molecular complexity index is 675. The van der Waals surface area contributed by atoms with Gasteiger partial charge < -0.3 is 20.4 Å². The van der Waals surface area contributed by atoms with Crippen LogP contribution in [-0.2, 0) is 6.54 Å². The number of nitrogens with two attached hydrogens (primary N) is 1. The SMILES string of the molecule is CN(C)c1cccc(CN=C(N)N2CCN(c3nccs3)CC2)n1. The first-order valence-electron chi connectivity index (χ1n) is 7.96. The zero-order valence-electron chi connectivity index (χ0n) is 14.1. The van der Waals surface area contributed by atoms with Gasteiger partial charge in [0.1, 0.15) is 5.82 Å². The maximum absolute atomic E-state index is 6.16. The van der Waals surface area contributed by atoms with Crippen LogP contribution in [0.3, 0.4) is 0 Å². The number of pyridine rings is 1. The summed E-state index contributed by atoms with van der Waals surface area (Å²) in [6, 6.07) is 5.95. The Morgan fingerprint density at radius 1 is 1.29 bits per heavy atom. The van der Waals surface area contributed by atoms with E-state index in [2.05, 4.69) is 24.8 Å². The number of aromatic nitrogens is 2. The third kappa shape index (κ3) is 3.94. The van der Waals surface area contributed by atoms with Crippen LogP contribution in [0.15, 0.2) is 34.8 Å². The molecule has 2 N–H and O–H groups in total. The zero-order valence-corrected chi connectivity index (χ0v) is 14.9. The fourth-order valence-electron chi connectivity index (χ4n) is 2.56. The van der Waals surface area contributed by atoms with Gasteiger partial charge in [-0.05, 0) is 12.1 Å². The van der Waals surface area contributed by atoms with Crippen LogP contribution >= 0.6 is 11.3 Å². The number of anilines is 2. The van der Waals surface area contributed by atoms with Crippen LogP contribution < -0.4 is 15.5 Å². The predicted octanol–water partition coefficient (Wildman–Crippen LogP) is 1.24. The van der Waals surface area contributed by atoms with Crippen molar-refractivity contribution in [1.82, 2.24) is 14.9 Å². The molecule has 128 valence electrons. The molecule has 0 spiro atoms. The molecule has 0 amide bonds. The van der Waals surface area contributed by atoms with Crippen LogP contribution in [-0.4, -0.2) is 61.1 Å². The lowest BCUT2D eigenvalue weighted by atomic mass is 10.3. The van der Waals surface area contributed by atoms with Gasteiger partial charge in [0.05, 0.1) is 12.2 Å². The summed E-state index contributed by atoms with van der Waals surface area (Å²) >= 11 is 1.67. The van der Waals surface area contributed by atoms with Crippen molar-refractivity contribution in [1.29, 1.82) is 0 Å². The molecule has 1 aliphatic heterocycles. The maximum Gasteiger partial charge on any atom is 0.191 e. The van der Waals surface area contributed by atoms with Gasteiger partial charge in [-0.15, -0.1) is 11.3 Å². The van der Waals surface area contributed by atoms with E-state index in [1.807, 2.05) is 48.8 Å². The number of hydrogen-bond acceptors (Lipinski definition) is 6. The number of piperazine rings is 1. The van der Waals surface area contributed by atoms with Crippen molar-refractivity contribution in [2.45, 2.75) is 6.54 Å². The van der Waals surface area contributed by atoms with Gasteiger partial charge >= 0.3 is 0 Å². The fourth-order valence-corrected chi connectivity index (χ4v) is 3.26. The standard InChI is InChI=1S/C16H23N7S/c1-21(2)14-5-3-4-13(20-14)12-19-15(17)22-7-9-23(10-8-22)16-18-6-11-24-16/h3-6,11H,7-10,12H2,1-2H3,(H2,17,19). The number of nitrogens with zero attached hydrogens (tertiary/aromatic N) is 6. The first-order chi connectivity index (χ1) is 11.6. The van der Waals surface area contributed by atoms with Crippen molar-refractivity contribution in [2.75, 3.05) is 50.1 Å². The highest BCUT2D eigenvalue weighted by atomic mass is 32.1. The van der Waals surface area contributed by atoms with Crippen LogP contribution in [0.2, 0.25) is 0 Å². The van der Waals surface area contributed by atoms with Crippen LogP contribution in [0, 0.1) is 0 Å². The van der Waals surface area contributed by atoms with Crippen LogP contribution in [0.4, 0.5) is 10.9 Å². The molecule has 0 radical (unpaired) electrons. The highest BCUT2D eigenvalue weighted by Gasteiger charge is 2.19. The number of thiazole rings is 1. The summed E-state index contributed by atoms with van der Waals surface area (Å²) in [5.41, 5.74) is 7.09. The second kappa shape index (κ2) is 7.48. The minimum absolute atomic E-state index is 0.500. The Morgan fingerprint density at radius 2 is 2.08 bits per heavy atom. The Kier molecular flexibility index (Phi) is 5.14. The summed E-state index contributed by atoms with van der Waals surface area (Å²) in [7, 11) is 3.96. The lowest BCUT2D eigenvalue weighted by Crippen LogP contribution is -2.51. The molecule has 0 aliphatic carbocycles. The average molecular weight is 345 g/mol. The Labute approximate surface area is 146 Å². The maximum atomic E-state index is 6.16. The third-order valence-electron chi connectivity index (χ3n) is 3.95. The zero-order chi connectivity index (χ0) is 16.9. The Morgan fingerprint density at radius 3 is 2.75 bits per heavy atom. The van der Waals surface area contributed by atoms with Gasteiger partial charge in [-0.25, -0.2) is 15.0 Å². The Hall–Kier alpha value is -2.35. The van der Waals surface area contributed by atoms with Gasteiger partial charge in [0.15, 0.2) is 11.1 Å². The second-order valence-electron chi connectivity index (χ2n) is 5.84. The first-order valence-corrected chi connectivity index (χ1v) is 8.84. The normalized spacial score (nSPS) is 15.7. The molecule has 0 saturated carbocycles. The monoisotopic (exact) mass is 345 g/mol. The molecule has 0 atom stereocenters. The van der Waals surface area contributed by atoms with Crippen molar-refractivity contribution in [3.8, 4) is 0 Å². The smallest absolute Gasteiger partial charge is 0.191 e. The summed E-state index contributed by atoms with van der Waals surface area (Å²) < 4.78 is 0. The second-order valence-corrected chi connectivity index (χ2v) is 6.72. The fraction of sp³-hybridized carbons (Fsp3) is 0.438. The van der Waals surface area contributed by atoms with E-state index in [1.165, 1.54) is 0 Å². The molecule has 0 unspecified atom stereocenters. The molecule has 3 heterocycles. The van der Waals surface area contributed by atoms with E-state index in [0.29, 0.717) is 12.5 Å². The van der Waals surface area contributed by atoms with E-state index < -0.39 is 0 Å². The number of hydrogen-bond donors (Lipinski definition) is 1. The molecule has 0 bridgehead atoms. The highest BCUT2D eigenvalue weighted by molar-refractivity contribution is 7.13. The van der Waals surface area contributed by atoms with E-state index in [-0.39, 0.29) is 0 Å². The van der Waals surface area contributed by atoms with E-state index in [0.717, 1.165) is 42.8 Å². The first kappa shape index (κ1) is 16.5. The summed E-state index contributed by atoms with van der Waals surface area (Å²) in [6.45, 7) is 4.05. The van der Waals surface area contributed by atoms with E-state index in [1.54, 1.807) is 11.3 Å². The highest BCUT2D eigenvalue weighted by Crippen LogP contribution is 2.18. The van der Waals surface area contributed by atoms with Crippen molar-refractivity contribution in [3.63, 3.8) is 0 Å². The van der Waals surface area contributed by atoms with Crippen molar-refractivity contribution >= 4 is 28.2 Å². The van der Waals surface area contributed by atoms with Crippen LogP contribution in [0.25, 0.3) is 0 Å².